The zero-order chi connectivity index (χ0) is 17.4. The van der Waals surface area contributed by atoms with Gasteiger partial charge in [0, 0.05) is 21.1 Å². The molecule has 2 aromatic heterocycles. The SMILES string of the molecule is Cc1cccc(Nc2ncnc3scc(-c4ccc(Br)cc4)c23)c1C. The highest BCUT2D eigenvalue weighted by Gasteiger charge is 2.14. The molecule has 0 aliphatic carbocycles. The number of anilines is 2. The average molecular weight is 410 g/mol. The fourth-order valence-electron chi connectivity index (χ4n) is 2.83. The summed E-state index contributed by atoms with van der Waals surface area (Å²) in [7, 11) is 0. The normalized spacial score (nSPS) is 11.0. The van der Waals surface area contributed by atoms with E-state index >= 15 is 0 Å². The van der Waals surface area contributed by atoms with Gasteiger partial charge in [0.25, 0.3) is 0 Å². The van der Waals surface area contributed by atoms with Crippen molar-refractivity contribution in [3.05, 3.63) is 69.8 Å². The lowest BCUT2D eigenvalue weighted by Gasteiger charge is -2.12. The van der Waals surface area contributed by atoms with Crippen LogP contribution in [0.1, 0.15) is 11.1 Å². The molecular weight excluding hydrogens is 394 g/mol. The molecule has 0 atom stereocenters. The molecule has 0 fully saturated rings. The smallest absolute Gasteiger partial charge is 0.143 e. The molecule has 0 spiro atoms. The van der Waals surface area contributed by atoms with Crippen molar-refractivity contribution in [2.45, 2.75) is 13.8 Å². The summed E-state index contributed by atoms with van der Waals surface area (Å²) in [4.78, 5) is 9.96. The molecule has 4 rings (SSSR count). The van der Waals surface area contributed by atoms with Gasteiger partial charge in [0.2, 0.25) is 0 Å². The molecule has 3 nitrogen and oxygen atoms in total. The van der Waals surface area contributed by atoms with Crippen molar-refractivity contribution in [1.82, 2.24) is 9.97 Å². The minimum atomic E-state index is 0.845. The molecule has 0 unspecified atom stereocenters. The van der Waals surface area contributed by atoms with Gasteiger partial charge >= 0.3 is 0 Å². The molecule has 25 heavy (non-hydrogen) atoms. The minimum absolute atomic E-state index is 0.845. The maximum absolute atomic E-state index is 4.52. The Hall–Kier alpha value is -2.24. The summed E-state index contributed by atoms with van der Waals surface area (Å²) in [5, 5.41) is 6.73. The number of thiophene rings is 1. The van der Waals surface area contributed by atoms with Gasteiger partial charge in [-0.3, -0.25) is 0 Å². The van der Waals surface area contributed by atoms with E-state index in [0.717, 1.165) is 37.3 Å². The van der Waals surface area contributed by atoms with Gasteiger partial charge in [-0.2, -0.15) is 0 Å². The van der Waals surface area contributed by atoms with E-state index < -0.39 is 0 Å². The first kappa shape index (κ1) is 16.2. The lowest BCUT2D eigenvalue weighted by molar-refractivity contribution is 1.22. The van der Waals surface area contributed by atoms with E-state index in [0.29, 0.717) is 0 Å². The van der Waals surface area contributed by atoms with E-state index in [1.165, 1.54) is 11.1 Å². The first-order valence-electron chi connectivity index (χ1n) is 7.95. The molecule has 0 saturated heterocycles. The number of halogens is 1. The molecule has 1 N–H and O–H groups in total. The highest BCUT2D eigenvalue weighted by molar-refractivity contribution is 9.10. The summed E-state index contributed by atoms with van der Waals surface area (Å²) in [6, 6.07) is 14.6. The first-order valence-corrected chi connectivity index (χ1v) is 9.62. The number of hydrogen-bond donors (Lipinski definition) is 1. The van der Waals surface area contributed by atoms with Crippen molar-refractivity contribution < 1.29 is 0 Å². The van der Waals surface area contributed by atoms with Crippen LogP contribution in [0.5, 0.6) is 0 Å². The van der Waals surface area contributed by atoms with Crippen LogP contribution in [0.25, 0.3) is 21.3 Å². The predicted molar refractivity (Wildman–Crippen MR) is 110 cm³/mol. The molecular formula is C20H16BrN3S. The number of benzene rings is 2. The summed E-state index contributed by atoms with van der Waals surface area (Å²) in [5.41, 5.74) is 5.88. The van der Waals surface area contributed by atoms with Gasteiger partial charge in [-0.1, -0.05) is 40.2 Å². The van der Waals surface area contributed by atoms with Gasteiger partial charge in [-0.05, 0) is 48.7 Å². The number of aryl methyl sites for hydroxylation is 1. The van der Waals surface area contributed by atoms with Crippen molar-refractivity contribution in [2.24, 2.45) is 0 Å². The largest absolute Gasteiger partial charge is 0.339 e. The number of rotatable bonds is 3. The maximum Gasteiger partial charge on any atom is 0.143 e. The van der Waals surface area contributed by atoms with E-state index in [2.05, 4.69) is 92.9 Å². The van der Waals surface area contributed by atoms with Crippen LogP contribution in [0.4, 0.5) is 11.5 Å². The van der Waals surface area contributed by atoms with Gasteiger partial charge in [-0.15, -0.1) is 11.3 Å². The quantitative estimate of drug-likeness (QED) is 0.420. The molecule has 0 bridgehead atoms. The highest BCUT2D eigenvalue weighted by atomic mass is 79.9. The molecule has 4 aromatic rings. The molecule has 0 aliphatic rings. The Balaban J connectivity index is 1.86. The topological polar surface area (TPSA) is 37.8 Å². The third-order valence-electron chi connectivity index (χ3n) is 4.38. The van der Waals surface area contributed by atoms with Crippen LogP contribution in [-0.4, -0.2) is 9.97 Å². The second-order valence-electron chi connectivity index (χ2n) is 5.93. The van der Waals surface area contributed by atoms with Crippen LogP contribution in [-0.2, 0) is 0 Å². The van der Waals surface area contributed by atoms with E-state index in [1.807, 2.05) is 0 Å². The fraction of sp³-hybridized carbons (Fsp3) is 0.100. The summed E-state index contributed by atoms with van der Waals surface area (Å²) < 4.78 is 1.07. The summed E-state index contributed by atoms with van der Waals surface area (Å²) in [6.07, 6.45) is 1.62. The van der Waals surface area contributed by atoms with Gasteiger partial charge < -0.3 is 5.32 Å². The highest BCUT2D eigenvalue weighted by Crippen LogP contribution is 2.38. The maximum atomic E-state index is 4.52. The van der Waals surface area contributed by atoms with E-state index in [4.69, 9.17) is 0 Å². The molecule has 2 aromatic carbocycles. The van der Waals surface area contributed by atoms with Gasteiger partial charge in [0.1, 0.15) is 17.0 Å². The van der Waals surface area contributed by atoms with Crippen molar-refractivity contribution in [1.29, 1.82) is 0 Å². The Morgan fingerprint density at radius 1 is 1.00 bits per heavy atom. The minimum Gasteiger partial charge on any atom is -0.339 e. The van der Waals surface area contributed by atoms with Crippen LogP contribution >= 0.6 is 27.3 Å². The average Bonchev–Trinajstić information content (AvgIpc) is 3.05. The summed E-state index contributed by atoms with van der Waals surface area (Å²) >= 11 is 5.14. The van der Waals surface area contributed by atoms with Crippen LogP contribution in [0.2, 0.25) is 0 Å². The number of aromatic nitrogens is 2. The van der Waals surface area contributed by atoms with Gasteiger partial charge in [0.15, 0.2) is 0 Å². The Morgan fingerprint density at radius 2 is 1.80 bits per heavy atom. The third-order valence-corrected chi connectivity index (χ3v) is 5.80. The Bertz CT molecular complexity index is 1050. The summed E-state index contributed by atoms with van der Waals surface area (Å²) in [6.45, 7) is 4.24. The van der Waals surface area contributed by atoms with Crippen LogP contribution < -0.4 is 5.32 Å². The standard InChI is InChI=1S/C20H16BrN3S/c1-12-4-3-5-17(13(12)2)24-19-18-16(10-25-20(18)23-11-22-19)14-6-8-15(21)9-7-14/h3-11H,1-2H3,(H,22,23,24). The Labute approximate surface area is 158 Å². The van der Waals surface area contributed by atoms with Crippen molar-refractivity contribution in [3.8, 4) is 11.1 Å². The Kier molecular flexibility index (Phi) is 4.27. The molecule has 0 aliphatic heterocycles. The van der Waals surface area contributed by atoms with Crippen LogP contribution in [0.3, 0.4) is 0 Å². The zero-order valence-electron chi connectivity index (χ0n) is 13.9. The number of nitrogens with one attached hydrogen (secondary N) is 1. The first-order chi connectivity index (χ1) is 12.1. The zero-order valence-corrected chi connectivity index (χ0v) is 16.3. The Morgan fingerprint density at radius 3 is 2.60 bits per heavy atom. The number of hydrogen-bond acceptors (Lipinski definition) is 4. The monoisotopic (exact) mass is 409 g/mol. The second kappa shape index (κ2) is 6.58. The van der Waals surface area contributed by atoms with E-state index in [-0.39, 0.29) is 0 Å². The number of fused-ring (bicyclic) bond motifs is 1. The lowest BCUT2D eigenvalue weighted by Crippen LogP contribution is -1.98. The summed E-state index contributed by atoms with van der Waals surface area (Å²) in [5.74, 6) is 0.845. The molecule has 2 heterocycles. The molecule has 0 amide bonds. The van der Waals surface area contributed by atoms with Gasteiger partial charge in [0.05, 0.1) is 5.39 Å². The van der Waals surface area contributed by atoms with Crippen LogP contribution in [0.15, 0.2) is 58.6 Å². The van der Waals surface area contributed by atoms with Crippen molar-refractivity contribution in [3.63, 3.8) is 0 Å². The van der Waals surface area contributed by atoms with Crippen molar-refractivity contribution >= 4 is 49.0 Å². The van der Waals surface area contributed by atoms with Gasteiger partial charge in [-0.25, -0.2) is 9.97 Å². The molecule has 0 radical (unpaired) electrons. The van der Waals surface area contributed by atoms with E-state index in [1.54, 1.807) is 17.7 Å². The predicted octanol–water partition coefficient (Wildman–Crippen LogP) is 6.48. The van der Waals surface area contributed by atoms with Crippen LogP contribution in [0, 0.1) is 13.8 Å². The van der Waals surface area contributed by atoms with E-state index in [9.17, 15) is 0 Å². The molecule has 124 valence electrons. The molecule has 0 saturated carbocycles. The number of nitrogens with zero attached hydrogens (tertiary/aromatic N) is 2. The third kappa shape index (κ3) is 3.05. The lowest BCUT2D eigenvalue weighted by atomic mass is 10.1. The van der Waals surface area contributed by atoms with Crippen molar-refractivity contribution in [2.75, 3.05) is 5.32 Å². The second-order valence-corrected chi connectivity index (χ2v) is 7.70. The molecule has 5 heteroatoms. The fourth-order valence-corrected chi connectivity index (χ4v) is 4.01.